The molecular weight excluding hydrogens is 462 g/mol. The SMILES string of the molecule is O=C(CSC1=Nc2ccccc2C2=N[C@@H](Cc3c[nH]c4ccccc34)C(=O)N12)NC[C@H]1CCCO1. The van der Waals surface area contributed by atoms with E-state index in [0.717, 1.165) is 47.2 Å². The number of H-pyrrole nitrogens is 1. The smallest absolute Gasteiger partial charge is 0.259 e. The van der Waals surface area contributed by atoms with Crippen molar-refractivity contribution in [1.82, 2.24) is 15.2 Å². The van der Waals surface area contributed by atoms with Crippen LogP contribution in [0.25, 0.3) is 10.9 Å². The number of ether oxygens (including phenoxy) is 1. The molecule has 1 fully saturated rings. The molecule has 2 aromatic carbocycles. The van der Waals surface area contributed by atoms with Crippen LogP contribution in [0.3, 0.4) is 0 Å². The number of benzene rings is 2. The first kappa shape index (κ1) is 22.1. The molecule has 6 rings (SSSR count). The third-order valence-electron chi connectivity index (χ3n) is 6.52. The quantitative estimate of drug-likeness (QED) is 0.557. The number of hydrogen-bond donors (Lipinski definition) is 2. The molecular formula is C26H25N5O3S. The normalized spacial score (nSPS) is 21.0. The molecule has 4 heterocycles. The number of rotatable bonds is 6. The zero-order valence-corrected chi connectivity index (χ0v) is 19.9. The first-order valence-electron chi connectivity index (χ1n) is 11.8. The van der Waals surface area contributed by atoms with E-state index in [4.69, 9.17) is 14.7 Å². The predicted octanol–water partition coefficient (Wildman–Crippen LogP) is 3.40. The number of fused-ring (bicyclic) bond motifs is 4. The number of carbonyl (C=O) groups is 2. The summed E-state index contributed by atoms with van der Waals surface area (Å²) in [5.74, 6) is 0.545. The van der Waals surface area contributed by atoms with Crippen molar-refractivity contribution < 1.29 is 14.3 Å². The van der Waals surface area contributed by atoms with Crippen molar-refractivity contribution in [3.8, 4) is 0 Å². The first-order chi connectivity index (χ1) is 17.2. The molecule has 2 atom stereocenters. The summed E-state index contributed by atoms with van der Waals surface area (Å²) in [5, 5.41) is 4.51. The van der Waals surface area contributed by atoms with Crippen LogP contribution in [0.4, 0.5) is 5.69 Å². The number of aromatic amines is 1. The van der Waals surface area contributed by atoms with E-state index in [2.05, 4.69) is 10.3 Å². The molecule has 1 saturated heterocycles. The van der Waals surface area contributed by atoms with Gasteiger partial charge in [0, 0.05) is 42.2 Å². The van der Waals surface area contributed by atoms with Crippen molar-refractivity contribution >= 4 is 51.2 Å². The highest BCUT2D eigenvalue weighted by Gasteiger charge is 2.41. The van der Waals surface area contributed by atoms with Crippen LogP contribution in [-0.2, 0) is 20.7 Å². The number of carbonyl (C=O) groups excluding carboxylic acids is 2. The Hall–Kier alpha value is -3.43. The lowest BCUT2D eigenvalue weighted by molar-refractivity contribution is -0.124. The predicted molar refractivity (Wildman–Crippen MR) is 137 cm³/mol. The number of nitrogens with one attached hydrogen (secondary N) is 2. The summed E-state index contributed by atoms with van der Waals surface area (Å²) in [7, 11) is 0. The van der Waals surface area contributed by atoms with Crippen LogP contribution in [0, 0.1) is 0 Å². The van der Waals surface area contributed by atoms with Gasteiger partial charge in [0.1, 0.15) is 11.9 Å². The fourth-order valence-corrected chi connectivity index (χ4v) is 5.59. The molecule has 35 heavy (non-hydrogen) atoms. The second-order valence-corrected chi connectivity index (χ2v) is 9.79. The average molecular weight is 488 g/mol. The third kappa shape index (κ3) is 4.26. The molecule has 0 saturated carbocycles. The first-order valence-corrected chi connectivity index (χ1v) is 12.8. The lowest BCUT2D eigenvalue weighted by Crippen LogP contribution is -2.42. The van der Waals surface area contributed by atoms with Gasteiger partial charge in [0.05, 0.1) is 17.5 Å². The molecule has 178 valence electrons. The minimum absolute atomic E-state index is 0.0898. The van der Waals surface area contributed by atoms with Crippen molar-refractivity contribution in [3.05, 3.63) is 65.9 Å². The van der Waals surface area contributed by atoms with Crippen LogP contribution < -0.4 is 5.32 Å². The van der Waals surface area contributed by atoms with Gasteiger partial charge < -0.3 is 15.0 Å². The molecule has 3 aliphatic rings. The Balaban J connectivity index is 1.21. The molecule has 3 aliphatic heterocycles. The Morgan fingerprint density at radius 3 is 2.94 bits per heavy atom. The number of aromatic nitrogens is 1. The summed E-state index contributed by atoms with van der Waals surface area (Å²) in [6.45, 7) is 1.27. The Bertz CT molecular complexity index is 1360. The highest BCUT2D eigenvalue weighted by atomic mass is 32.2. The lowest BCUT2D eigenvalue weighted by atomic mass is 10.1. The summed E-state index contributed by atoms with van der Waals surface area (Å²) in [6, 6.07) is 15.2. The van der Waals surface area contributed by atoms with Crippen LogP contribution in [0.1, 0.15) is 24.0 Å². The molecule has 0 unspecified atom stereocenters. The van der Waals surface area contributed by atoms with Gasteiger partial charge in [0.15, 0.2) is 5.17 Å². The van der Waals surface area contributed by atoms with Crippen molar-refractivity contribution in [2.45, 2.75) is 31.4 Å². The van der Waals surface area contributed by atoms with Crippen molar-refractivity contribution in [1.29, 1.82) is 0 Å². The molecule has 0 aliphatic carbocycles. The lowest BCUT2D eigenvalue weighted by Gasteiger charge is -2.25. The second-order valence-electron chi connectivity index (χ2n) is 8.85. The topological polar surface area (TPSA) is 99.2 Å². The van der Waals surface area contributed by atoms with Gasteiger partial charge >= 0.3 is 0 Å². The third-order valence-corrected chi connectivity index (χ3v) is 7.46. The maximum absolute atomic E-state index is 13.6. The van der Waals surface area contributed by atoms with Crippen LogP contribution in [0.2, 0.25) is 0 Å². The molecule has 0 radical (unpaired) electrons. The number of amidine groups is 2. The largest absolute Gasteiger partial charge is 0.376 e. The maximum atomic E-state index is 13.6. The van der Waals surface area contributed by atoms with E-state index in [0.29, 0.717) is 24.0 Å². The van der Waals surface area contributed by atoms with E-state index in [9.17, 15) is 9.59 Å². The van der Waals surface area contributed by atoms with Gasteiger partial charge in [-0.15, -0.1) is 0 Å². The Morgan fingerprint density at radius 1 is 1.20 bits per heavy atom. The van der Waals surface area contributed by atoms with E-state index < -0.39 is 6.04 Å². The zero-order chi connectivity index (χ0) is 23.8. The van der Waals surface area contributed by atoms with E-state index >= 15 is 0 Å². The van der Waals surface area contributed by atoms with Gasteiger partial charge in [-0.1, -0.05) is 42.1 Å². The number of amides is 2. The van der Waals surface area contributed by atoms with E-state index in [-0.39, 0.29) is 23.7 Å². The second kappa shape index (κ2) is 9.31. The molecule has 3 aromatic rings. The van der Waals surface area contributed by atoms with Crippen LogP contribution in [0.15, 0.2) is 64.7 Å². The van der Waals surface area contributed by atoms with Gasteiger partial charge in [0.2, 0.25) is 5.91 Å². The summed E-state index contributed by atoms with van der Waals surface area (Å²) in [6.07, 6.45) is 4.53. The van der Waals surface area contributed by atoms with E-state index in [1.165, 1.54) is 11.8 Å². The Labute approximate surface area is 206 Å². The van der Waals surface area contributed by atoms with Crippen LogP contribution in [0.5, 0.6) is 0 Å². The van der Waals surface area contributed by atoms with Gasteiger partial charge in [-0.25, -0.2) is 9.89 Å². The summed E-state index contributed by atoms with van der Waals surface area (Å²) in [4.78, 5) is 40.5. The van der Waals surface area contributed by atoms with Crippen molar-refractivity contribution in [3.63, 3.8) is 0 Å². The molecule has 2 amide bonds. The fraction of sp³-hybridized carbons (Fsp3) is 0.308. The average Bonchev–Trinajstić information content (AvgIpc) is 3.62. The van der Waals surface area contributed by atoms with Gasteiger partial charge in [-0.05, 0) is 36.6 Å². The minimum Gasteiger partial charge on any atom is -0.376 e. The zero-order valence-electron chi connectivity index (χ0n) is 19.1. The maximum Gasteiger partial charge on any atom is 0.259 e. The molecule has 0 spiro atoms. The number of nitrogens with zero attached hydrogens (tertiary/aromatic N) is 3. The van der Waals surface area contributed by atoms with Gasteiger partial charge in [0.25, 0.3) is 5.91 Å². The van der Waals surface area contributed by atoms with Gasteiger partial charge in [-0.3, -0.25) is 14.6 Å². The molecule has 8 nitrogen and oxygen atoms in total. The number of aliphatic imine (C=N–C) groups is 2. The van der Waals surface area contributed by atoms with Crippen molar-refractivity contribution in [2.75, 3.05) is 18.9 Å². The summed E-state index contributed by atoms with van der Waals surface area (Å²) < 4.78 is 5.57. The Kier molecular flexibility index (Phi) is 5.87. The highest BCUT2D eigenvalue weighted by molar-refractivity contribution is 8.14. The molecule has 9 heteroatoms. The van der Waals surface area contributed by atoms with Crippen molar-refractivity contribution in [2.24, 2.45) is 9.98 Å². The fourth-order valence-electron chi connectivity index (χ4n) is 4.75. The Morgan fingerprint density at radius 2 is 2.06 bits per heavy atom. The van der Waals surface area contributed by atoms with E-state index in [1.807, 2.05) is 54.7 Å². The minimum atomic E-state index is -0.547. The number of para-hydroxylation sites is 2. The molecule has 0 bridgehead atoms. The monoisotopic (exact) mass is 487 g/mol. The van der Waals surface area contributed by atoms with Crippen LogP contribution in [-0.4, -0.2) is 63.8 Å². The van der Waals surface area contributed by atoms with Gasteiger partial charge in [-0.2, -0.15) is 0 Å². The standard InChI is InChI=1S/C26H25N5O3S/c32-23(28-14-17-6-5-11-34-17)15-35-26-30-21-10-4-2-8-19(21)24-29-22(25(33)31(24)26)12-16-13-27-20-9-3-1-7-18(16)20/h1-4,7-10,13,17,22,27H,5-6,11-12,14-15H2,(H,28,32)/t17-,22+/m1/s1. The summed E-state index contributed by atoms with van der Waals surface area (Å²) in [5.41, 5.74) is 3.67. The number of thioether (sulfide) groups is 1. The number of hydrogen-bond acceptors (Lipinski definition) is 6. The van der Waals surface area contributed by atoms with Crippen LogP contribution >= 0.6 is 11.8 Å². The molecule has 2 N–H and O–H groups in total. The molecule has 1 aromatic heterocycles. The summed E-state index contributed by atoms with van der Waals surface area (Å²) >= 11 is 1.26. The highest BCUT2D eigenvalue weighted by Crippen LogP contribution is 2.34. The van der Waals surface area contributed by atoms with E-state index in [1.54, 1.807) is 4.90 Å².